The predicted molar refractivity (Wildman–Crippen MR) is 159 cm³/mol. The normalized spacial score (nSPS) is 32.7. The Morgan fingerprint density at radius 1 is 1.19 bits per heavy atom. The molecule has 1 amide bonds. The summed E-state index contributed by atoms with van der Waals surface area (Å²) in [7, 11) is -1.75. The lowest BCUT2D eigenvalue weighted by atomic mass is 9.77. The van der Waals surface area contributed by atoms with Crippen molar-refractivity contribution in [1.82, 2.24) is 19.5 Å². The van der Waals surface area contributed by atoms with Crippen LogP contribution >= 0.6 is 13.9 Å². The van der Waals surface area contributed by atoms with Crippen LogP contribution in [0.2, 0.25) is 0 Å². The SMILES string of the molecule is NC(=O)c1cccc(N(N)C2C[C@@H]3O[P+](=S)OCC4CC(n5cnc6c(N)ncnc65)C4OP(O)(=S)OCC3O2)c1N. The molecule has 1 aliphatic carbocycles. The first-order valence-electron chi connectivity index (χ1n) is 12.8. The van der Waals surface area contributed by atoms with Crippen LogP contribution in [-0.4, -0.2) is 68.1 Å². The summed E-state index contributed by atoms with van der Waals surface area (Å²) in [5, 5.41) is 1.28. The molecule has 0 bridgehead atoms. The number of anilines is 3. The molecule has 2 aliphatic heterocycles. The number of rotatable bonds is 4. The molecule has 224 valence electrons. The van der Waals surface area contributed by atoms with E-state index in [0.717, 1.165) is 0 Å². The molecule has 3 aromatic rings. The van der Waals surface area contributed by atoms with Gasteiger partial charge in [0.15, 0.2) is 11.5 Å². The van der Waals surface area contributed by atoms with E-state index in [2.05, 4.69) is 15.0 Å². The number of hydrazine groups is 1. The second kappa shape index (κ2) is 11.6. The number of nitrogen functional groups attached to an aromatic ring is 2. The van der Waals surface area contributed by atoms with Crippen LogP contribution in [0.1, 0.15) is 29.2 Å². The number of hydrogen-bond acceptors (Lipinski definition) is 15. The summed E-state index contributed by atoms with van der Waals surface area (Å²) in [5.41, 5.74) is 19.1. The average Bonchev–Trinajstić information content (AvgIpc) is 3.54. The summed E-state index contributed by atoms with van der Waals surface area (Å²) >= 11 is 10.9. The van der Waals surface area contributed by atoms with Gasteiger partial charge in [-0.3, -0.25) is 9.80 Å². The number of amides is 1. The summed E-state index contributed by atoms with van der Waals surface area (Å²) < 4.78 is 31.8. The second-order valence-corrected chi connectivity index (χ2v) is 14.6. The fraction of sp³-hybridized carbons (Fsp3) is 0.455. The smallest absolute Gasteiger partial charge is 0.396 e. The Labute approximate surface area is 250 Å². The van der Waals surface area contributed by atoms with Gasteiger partial charge in [-0.2, -0.15) is 0 Å². The largest absolute Gasteiger partial charge is 0.522 e. The lowest BCUT2D eigenvalue weighted by molar-refractivity contribution is -0.0581. The van der Waals surface area contributed by atoms with Gasteiger partial charge in [0.2, 0.25) is 11.8 Å². The maximum atomic E-state index is 11.8. The molecule has 2 saturated heterocycles. The van der Waals surface area contributed by atoms with E-state index in [4.69, 9.17) is 69.5 Å². The highest BCUT2D eigenvalue weighted by molar-refractivity contribution is 8.07. The van der Waals surface area contributed by atoms with Crippen molar-refractivity contribution in [2.24, 2.45) is 17.5 Å². The number of nitrogens with zero attached hydrogens (tertiary/aromatic N) is 5. The zero-order chi connectivity index (χ0) is 29.8. The fourth-order valence-corrected chi connectivity index (χ4v) is 8.16. The van der Waals surface area contributed by atoms with Crippen LogP contribution in [0.4, 0.5) is 17.2 Å². The Bertz CT molecular complexity index is 1600. The first-order valence-corrected chi connectivity index (χ1v) is 17.5. The van der Waals surface area contributed by atoms with Crippen molar-refractivity contribution < 1.29 is 32.5 Å². The molecule has 1 saturated carbocycles. The summed E-state index contributed by atoms with van der Waals surface area (Å²) in [6.07, 6.45) is 1.15. The number of hydrogen-bond donors (Lipinski definition) is 5. The van der Waals surface area contributed by atoms with Gasteiger partial charge in [-0.1, -0.05) is 6.07 Å². The molecule has 2 aromatic heterocycles. The van der Waals surface area contributed by atoms with E-state index in [1.165, 1.54) is 17.4 Å². The van der Waals surface area contributed by atoms with Crippen LogP contribution < -0.4 is 28.1 Å². The highest BCUT2D eigenvalue weighted by Gasteiger charge is 2.50. The van der Waals surface area contributed by atoms with Crippen molar-refractivity contribution in [2.75, 3.05) is 29.7 Å². The van der Waals surface area contributed by atoms with Crippen LogP contribution in [0.15, 0.2) is 30.9 Å². The van der Waals surface area contributed by atoms with Gasteiger partial charge in [0, 0.05) is 12.3 Å². The molecule has 0 radical (unpaired) electrons. The molecule has 0 spiro atoms. The third-order valence-corrected chi connectivity index (χ3v) is 10.5. The Morgan fingerprint density at radius 3 is 2.79 bits per heavy atom. The monoisotopic (exact) mass is 656 g/mol. The number of imidazole rings is 1. The number of carbonyl (C=O) groups is 1. The van der Waals surface area contributed by atoms with E-state index in [0.29, 0.717) is 23.3 Å². The van der Waals surface area contributed by atoms with Crippen molar-refractivity contribution in [1.29, 1.82) is 0 Å². The number of primary amides is 1. The quantitative estimate of drug-likeness (QED) is 0.114. The maximum Gasteiger partial charge on any atom is 0.522 e. The van der Waals surface area contributed by atoms with Gasteiger partial charge in [0.1, 0.15) is 36.9 Å². The highest BCUT2D eigenvalue weighted by atomic mass is 32.5. The van der Waals surface area contributed by atoms with E-state index >= 15 is 0 Å². The molecule has 7 unspecified atom stereocenters. The Morgan fingerprint density at radius 2 is 2.00 bits per heavy atom. The fourth-order valence-electron chi connectivity index (χ4n) is 5.33. The van der Waals surface area contributed by atoms with E-state index in [-0.39, 0.29) is 48.7 Å². The first kappa shape index (κ1) is 29.6. The molecule has 4 heterocycles. The lowest BCUT2D eigenvalue weighted by Crippen LogP contribution is -2.46. The van der Waals surface area contributed by atoms with Gasteiger partial charge in [-0.25, -0.2) is 20.8 Å². The van der Waals surface area contributed by atoms with Crippen LogP contribution in [0.3, 0.4) is 0 Å². The van der Waals surface area contributed by atoms with E-state index in [1.807, 2.05) is 4.57 Å². The lowest BCUT2D eigenvalue weighted by Gasteiger charge is -2.44. The summed E-state index contributed by atoms with van der Waals surface area (Å²) in [6.45, 7) is -3.73. The maximum absolute atomic E-state index is 11.8. The van der Waals surface area contributed by atoms with Crippen molar-refractivity contribution in [2.45, 2.75) is 43.4 Å². The number of para-hydroxylation sites is 1. The average molecular weight is 657 g/mol. The minimum atomic E-state index is -3.77. The van der Waals surface area contributed by atoms with Gasteiger partial charge in [-0.05, 0) is 30.4 Å². The van der Waals surface area contributed by atoms with Crippen LogP contribution in [0.5, 0.6) is 0 Å². The van der Waals surface area contributed by atoms with Crippen molar-refractivity contribution in [3.63, 3.8) is 0 Å². The van der Waals surface area contributed by atoms with Gasteiger partial charge in [0.05, 0.1) is 42.0 Å². The van der Waals surface area contributed by atoms with E-state index in [1.54, 1.807) is 18.5 Å². The summed E-state index contributed by atoms with van der Waals surface area (Å²) in [4.78, 5) is 35.4. The van der Waals surface area contributed by atoms with Crippen molar-refractivity contribution in [3.05, 3.63) is 36.4 Å². The summed E-state index contributed by atoms with van der Waals surface area (Å²) in [5.74, 6) is 5.78. The molecule has 1 aromatic carbocycles. The Balaban J connectivity index is 1.20. The highest BCUT2D eigenvalue weighted by Crippen LogP contribution is 2.55. The number of nitrogens with two attached hydrogens (primary N) is 4. The molecule has 42 heavy (non-hydrogen) atoms. The topological polar surface area (TPSA) is 234 Å². The molecular weight excluding hydrogens is 628 g/mol. The van der Waals surface area contributed by atoms with Gasteiger partial charge in [-0.15, -0.1) is 9.05 Å². The molecule has 9 N–H and O–H groups in total. The Kier molecular flexibility index (Phi) is 8.14. The van der Waals surface area contributed by atoms with Crippen LogP contribution in [0.25, 0.3) is 11.2 Å². The summed E-state index contributed by atoms with van der Waals surface area (Å²) in [6, 6.07) is 4.47. The molecule has 16 nitrogen and oxygen atoms in total. The third-order valence-electron chi connectivity index (χ3n) is 7.52. The number of benzene rings is 1. The molecule has 6 rings (SSSR count). The molecular formula is C22H28N9O7P2S2+. The zero-order valence-corrected chi connectivity index (χ0v) is 25.3. The first-order chi connectivity index (χ1) is 20.0. The van der Waals surface area contributed by atoms with Crippen molar-refractivity contribution >= 4 is 71.7 Å². The van der Waals surface area contributed by atoms with Crippen molar-refractivity contribution in [3.8, 4) is 0 Å². The minimum absolute atomic E-state index is 0.108. The Hall–Kier alpha value is -2.47. The van der Waals surface area contributed by atoms with Gasteiger partial charge in [0.25, 0.3) is 5.91 Å². The molecule has 8 atom stereocenters. The second-order valence-electron chi connectivity index (χ2n) is 10.0. The molecule has 3 fully saturated rings. The predicted octanol–water partition coefficient (Wildman–Crippen LogP) is 0.954. The van der Waals surface area contributed by atoms with E-state index in [9.17, 15) is 9.69 Å². The molecule has 3 aliphatic rings. The van der Waals surface area contributed by atoms with E-state index < -0.39 is 44.3 Å². The third kappa shape index (κ3) is 5.60. The number of ether oxygens (including phenoxy) is 1. The van der Waals surface area contributed by atoms with Crippen LogP contribution in [0, 0.1) is 5.92 Å². The van der Waals surface area contributed by atoms with Crippen LogP contribution in [-0.2, 0) is 46.4 Å². The minimum Gasteiger partial charge on any atom is -0.396 e. The van der Waals surface area contributed by atoms with Gasteiger partial charge >= 0.3 is 13.9 Å². The number of fused-ring (bicyclic) bond motifs is 3. The standard InChI is InChI=1S/C22H27N9O7P2S2/c23-17-11(21(25)32)2-1-3-12(17)31(26)16-5-14-15(36-16)7-35-40(33,42)38-19-10(6-34-39(41)37-14)4-13(19)30-9-29-18-20(24)27-8-28-22(18)30/h1-3,8-10,13-16,19H,4-7,26H2,(H6-,23,24,25,27,28,32,33,42)/p+1/t10?,13?,14-,15?,16?,19?,40?/m0/s1. The van der Waals surface area contributed by atoms with Gasteiger partial charge < -0.3 is 40.4 Å². The molecule has 20 heteroatoms. The number of carbonyl (C=O) groups excluding carboxylic acids is 1. The number of aromatic nitrogens is 4. The zero-order valence-electron chi connectivity index (χ0n) is 21.8.